The van der Waals surface area contributed by atoms with Crippen LogP contribution in [0.25, 0.3) is 49.9 Å². The van der Waals surface area contributed by atoms with Gasteiger partial charge in [-0.1, -0.05) is 12.1 Å². The topological polar surface area (TPSA) is 134 Å². The number of carbonyl (C=O) groups excluding carboxylic acids is 1. The molecular formula is C32H32N6O4S. The second-order valence-corrected chi connectivity index (χ2v) is 12.9. The number of imidazole rings is 1. The molecule has 11 heteroatoms. The molecule has 220 valence electrons. The van der Waals surface area contributed by atoms with Crippen molar-refractivity contribution in [3.05, 3.63) is 77.6 Å². The zero-order valence-corrected chi connectivity index (χ0v) is 24.9. The van der Waals surface area contributed by atoms with Gasteiger partial charge in [0.15, 0.2) is 0 Å². The standard InChI is InChI=1S/C32H32N6O4S/c1-18-4-6-22-25(16-35-28(22)12-18)31-37-27-7-5-21(43(40,41)34-3)15-29(27)38(31)20-13-23(19-8-10-42-11-9-19)30-24(14-20)26(17-36-30)32(39)33-2/h4-7,12-17,19,34-36H,8-11H2,1-3H3,(H,33,39). The van der Waals surface area contributed by atoms with Crippen molar-refractivity contribution in [2.75, 3.05) is 27.3 Å². The van der Waals surface area contributed by atoms with Crippen LogP contribution in [0, 0.1) is 6.92 Å². The van der Waals surface area contributed by atoms with E-state index in [1.165, 1.54) is 7.05 Å². The number of ether oxygens (including phenoxy) is 1. The number of sulfonamides is 1. The Hall–Kier alpha value is -4.45. The van der Waals surface area contributed by atoms with Crippen molar-refractivity contribution in [2.24, 2.45) is 0 Å². The van der Waals surface area contributed by atoms with Gasteiger partial charge >= 0.3 is 0 Å². The molecule has 43 heavy (non-hydrogen) atoms. The number of aromatic nitrogens is 4. The molecule has 0 atom stereocenters. The average Bonchev–Trinajstić information content (AvgIpc) is 3.74. The van der Waals surface area contributed by atoms with E-state index in [9.17, 15) is 13.2 Å². The Balaban J connectivity index is 1.57. The van der Waals surface area contributed by atoms with Gasteiger partial charge < -0.3 is 20.0 Å². The van der Waals surface area contributed by atoms with Gasteiger partial charge in [-0.05, 0) is 80.3 Å². The Bertz CT molecular complexity index is 2150. The van der Waals surface area contributed by atoms with Crippen LogP contribution in [0.4, 0.5) is 0 Å². The van der Waals surface area contributed by atoms with Gasteiger partial charge in [0.2, 0.25) is 10.0 Å². The predicted molar refractivity (Wildman–Crippen MR) is 167 cm³/mol. The van der Waals surface area contributed by atoms with Crippen LogP contribution in [0.5, 0.6) is 0 Å². The molecule has 1 saturated heterocycles. The van der Waals surface area contributed by atoms with Gasteiger partial charge in [-0.2, -0.15) is 0 Å². The molecule has 4 N–H and O–H groups in total. The van der Waals surface area contributed by atoms with Crippen LogP contribution < -0.4 is 10.0 Å². The van der Waals surface area contributed by atoms with E-state index in [2.05, 4.69) is 44.3 Å². The third kappa shape index (κ3) is 4.51. The summed E-state index contributed by atoms with van der Waals surface area (Å²) >= 11 is 0. The van der Waals surface area contributed by atoms with Crippen molar-refractivity contribution in [3.8, 4) is 17.1 Å². The van der Waals surface area contributed by atoms with Crippen LogP contribution in [-0.2, 0) is 14.8 Å². The summed E-state index contributed by atoms with van der Waals surface area (Å²) in [6.45, 7) is 3.38. The lowest BCUT2D eigenvalue weighted by Crippen LogP contribution is -2.18. The maximum Gasteiger partial charge on any atom is 0.253 e. The highest BCUT2D eigenvalue weighted by Crippen LogP contribution is 2.39. The minimum atomic E-state index is -3.71. The number of H-pyrrole nitrogens is 2. The van der Waals surface area contributed by atoms with Crippen molar-refractivity contribution in [1.29, 1.82) is 0 Å². The van der Waals surface area contributed by atoms with Gasteiger partial charge in [0.25, 0.3) is 5.91 Å². The minimum absolute atomic E-state index is 0.142. The second-order valence-electron chi connectivity index (χ2n) is 11.0. The van der Waals surface area contributed by atoms with Gasteiger partial charge in [-0.25, -0.2) is 18.1 Å². The third-order valence-electron chi connectivity index (χ3n) is 8.48. The molecule has 1 fully saturated rings. The summed E-state index contributed by atoms with van der Waals surface area (Å²) in [7, 11) is -0.695. The Morgan fingerprint density at radius 3 is 2.58 bits per heavy atom. The number of nitrogens with zero attached hydrogens (tertiary/aromatic N) is 2. The number of rotatable bonds is 6. The fraction of sp³-hybridized carbons (Fsp3) is 0.250. The lowest BCUT2D eigenvalue weighted by molar-refractivity contribution is 0.0855. The summed E-state index contributed by atoms with van der Waals surface area (Å²) in [6.07, 6.45) is 5.41. The van der Waals surface area contributed by atoms with E-state index in [1.807, 2.05) is 23.8 Å². The average molecular weight is 597 g/mol. The van der Waals surface area contributed by atoms with E-state index in [0.29, 0.717) is 35.6 Å². The molecule has 0 spiro atoms. The van der Waals surface area contributed by atoms with Crippen LogP contribution >= 0.6 is 0 Å². The highest BCUT2D eigenvalue weighted by atomic mass is 32.2. The lowest BCUT2D eigenvalue weighted by atomic mass is 9.89. The van der Waals surface area contributed by atoms with Crippen LogP contribution in [-0.4, -0.2) is 61.2 Å². The van der Waals surface area contributed by atoms with Gasteiger partial charge in [0, 0.05) is 65.7 Å². The Morgan fingerprint density at radius 1 is 1.00 bits per heavy atom. The monoisotopic (exact) mass is 596 g/mol. The van der Waals surface area contributed by atoms with Crippen LogP contribution in [0.15, 0.2) is 65.8 Å². The maximum absolute atomic E-state index is 13.0. The molecule has 1 aliphatic rings. The fourth-order valence-corrected chi connectivity index (χ4v) is 6.98. The first-order valence-electron chi connectivity index (χ1n) is 14.3. The molecule has 3 aromatic heterocycles. The fourth-order valence-electron chi connectivity index (χ4n) is 6.23. The maximum atomic E-state index is 13.0. The van der Waals surface area contributed by atoms with E-state index in [4.69, 9.17) is 9.72 Å². The van der Waals surface area contributed by atoms with E-state index in [-0.39, 0.29) is 16.7 Å². The Morgan fingerprint density at radius 2 is 1.81 bits per heavy atom. The number of amides is 1. The summed E-state index contributed by atoms with van der Waals surface area (Å²) < 4.78 is 35.9. The molecule has 1 amide bonds. The predicted octanol–water partition coefficient (Wildman–Crippen LogP) is 5.13. The number of fused-ring (bicyclic) bond motifs is 3. The summed E-state index contributed by atoms with van der Waals surface area (Å²) in [5.74, 6) is 0.701. The van der Waals surface area contributed by atoms with Gasteiger partial charge in [0.05, 0.1) is 21.5 Å². The number of aryl methyl sites for hydroxylation is 1. The SMILES string of the molecule is CNC(=O)c1c[nH]c2c(C3CCOCC3)cc(-n3c(-c4c[nH]c5cc(C)ccc45)nc4ccc(S(=O)(=O)NC)cc43)cc12. The van der Waals surface area contributed by atoms with Crippen LogP contribution in [0.3, 0.4) is 0 Å². The van der Waals surface area contributed by atoms with Crippen molar-refractivity contribution in [2.45, 2.75) is 30.6 Å². The molecule has 0 saturated carbocycles. The molecule has 0 radical (unpaired) electrons. The summed E-state index contributed by atoms with van der Waals surface area (Å²) in [4.78, 5) is 24.9. The molecule has 0 unspecified atom stereocenters. The zero-order chi connectivity index (χ0) is 29.9. The number of aromatic amines is 2. The van der Waals surface area contributed by atoms with E-state index in [0.717, 1.165) is 57.0 Å². The van der Waals surface area contributed by atoms with Gasteiger partial charge in [0.1, 0.15) is 5.82 Å². The number of nitrogens with one attached hydrogen (secondary N) is 4. The highest BCUT2D eigenvalue weighted by molar-refractivity contribution is 7.89. The van der Waals surface area contributed by atoms with Crippen molar-refractivity contribution in [3.63, 3.8) is 0 Å². The molecule has 0 aliphatic carbocycles. The van der Waals surface area contributed by atoms with Gasteiger partial charge in [-0.3, -0.25) is 9.36 Å². The van der Waals surface area contributed by atoms with Crippen molar-refractivity contribution >= 4 is 48.8 Å². The molecular weight excluding hydrogens is 564 g/mol. The first kappa shape index (κ1) is 27.4. The molecule has 6 aromatic rings. The molecule has 4 heterocycles. The van der Waals surface area contributed by atoms with Crippen molar-refractivity contribution < 1.29 is 17.9 Å². The van der Waals surface area contributed by atoms with E-state index < -0.39 is 10.0 Å². The zero-order valence-electron chi connectivity index (χ0n) is 24.1. The Labute approximate surface area is 248 Å². The molecule has 7 rings (SSSR count). The quantitative estimate of drug-likeness (QED) is 0.212. The van der Waals surface area contributed by atoms with Crippen LogP contribution in [0.2, 0.25) is 0 Å². The molecule has 3 aromatic carbocycles. The molecule has 10 nitrogen and oxygen atoms in total. The second kappa shape index (κ2) is 10.4. The first-order valence-corrected chi connectivity index (χ1v) is 15.8. The van der Waals surface area contributed by atoms with Crippen LogP contribution in [0.1, 0.15) is 40.2 Å². The smallest absolute Gasteiger partial charge is 0.253 e. The van der Waals surface area contributed by atoms with E-state index in [1.54, 1.807) is 31.4 Å². The number of carbonyl (C=O) groups is 1. The highest BCUT2D eigenvalue weighted by Gasteiger charge is 2.25. The van der Waals surface area contributed by atoms with Crippen molar-refractivity contribution in [1.82, 2.24) is 29.6 Å². The summed E-state index contributed by atoms with van der Waals surface area (Å²) in [5, 5.41) is 4.55. The normalized spacial score (nSPS) is 14.7. The molecule has 0 bridgehead atoms. The largest absolute Gasteiger partial charge is 0.381 e. The summed E-state index contributed by atoms with van der Waals surface area (Å²) in [5.41, 5.74) is 7.64. The number of benzene rings is 3. The minimum Gasteiger partial charge on any atom is -0.381 e. The first-order chi connectivity index (χ1) is 20.8. The van der Waals surface area contributed by atoms with E-state index >= 15 is 0 Å². The third-order valence-corrected chi connectivity index (χ3v) is 9.89. The molecule has 1 aliphatic heterocycles. The number of hydrogen-bond donors (Lipinski definition) is 4. The number of hydrogen-bond acceptors (Lipinski definition) is 5. The Kier molecular flexibility index (Phi) is 6.60. The van der Waals surface area contributed by atoms with Gasteiger partial charge in [-0.15, -0.1) is 0 Å². The lowest BCUT2D eigenvalue weighted by Gasteiger charge is -2.24. The summed E-state index contributed by atoms with van der Waals surface area (Å²) in [6, 6.07) is 15.3.